The molecule has 218 valence electrons. The smallest absolute Gasteiger partial charge is 0.335 e. The van der Waals surface area contributed by atoms with Gasteiger partial charge in [-0.3, -0.25) is 14.9 Å². The summed E-state index contributed by atoms with van der Waals surface area (Å²) in [4.78, 5) is 39.8. The molecule has 4 aromatic carbocycles. The predicted octanol–water partition coefficient (Wildman–Crippen LogP) is 7.54. The fourth-order valence-electron chi connectivity index (χ4n) is 4.24. The van der Waals surface area contributed by atoms with Gasteiger partial charge in [-0.2, -0.15) is 0 Å². The van der Waals surface area contributed by atoms with Crippen LogP contribution in [0.2, 0.25) is 5.02 Å². The van der Waals surface area contributed by atoms with Crippen molar-refractivity contribution in [3.05, 3.63) is 120 Å². The maximum absolute atomic E-state index is 13.4. The van der Waals surface area contributed by atoms with Gasteiger partial charge in [-0.15, -0.1) is 0 Å². The standard InChI is InChI=1S/C32H23BrClIN2O6/c1-41-28-16-21(15-27(35)29(28)43-18-20-3-2-4-23(34)13-20)14-26-30(38)36-32(40)37(31(26)39)24-9-11-25(12-10-24)42-17-19-5-7-22(33)8-6-19/h2-16H,17-18H2,1H3,(H,36,38,40)/b26-14+. The summed E-state index contributed by atoms with van der Waals surface area (Å²) >= 11 is 11.6. The van der Waals surface area contributed by atoms with Crippen LogP contribution in [0.5, 0.6) is 17.2 Å². The molecule has 1 N–H and O–H groups in total. The van der Waals surface area contributed by atoms with Gasteiger partial charge in [0.1, 0.15) is 24.5 Å². The SMILES string of the molecule is COc1cc(/C=C2\C(=O)NC(=O)N(c3ccc(OCc4ccc(Br)cc4)cc3)C2=O)cc(I)c1OCc1cccc(Cl)c1. The molecule has 4 aromatic rings. The molecular weight excluding hydrogens is 751 g/mol. The van der Waals surface area contributed by atoms with E-state index in [1.165, 1.54) is 13.2 Å². The second-order valence-corrected chi connectivity index (χ2v) is 11.8. The molecular formula is C32H23BrClIN2O6. The Kier molecular flexibility index (Phi) is 9.69. The molecule has 0 aliphatic carbocycles. The number of rotatable bonds is 9. The summed E-state index contributed by atoms with van der Waals surface area (Å²) in [6.07, 6.45) is 1.41. The molecule has 0 spiro atoms. The Morgan fingerprint density at radius 1 is 0.907 bits per heavy atom. The molecule has 1 heterocycles. The Bertz CT molecular complexity index is 1730. The molecule has 0 saturated carbocycles. The highest BCUT2D eigenvalue weighted by Crippen LogP contribution is 2.36. The van der Waals surface area contributed by atoms with Crippen LogP contribution in [-0.4, -0.2) is 25.0 Å². The van der Waals surface area contributed by atoms with Crippen LogP contribution in [0.3, 0.4) is 0 Å². The summed E-state index contributed by atoms with van der Waals surface area (Å²) in [6, 6.07) is 24.1. The zero-order chi connectivity index (χ0) is 30.5. The van der Waals surface area contributed by atoms with E-state index in [0.717, 1.165) is 20.5 Å². The fraction of sp³-hybridized carbons (Fsp3) is 0.0938. The minimum Gasteiger partial charge on any atom is -0.493 e. The summed E-state index contributed by atoms with van der Waals surface area (Å²) in [5.74, 6) is -0.0776. The summed E-state index contributed by atoms with van der Waals surface area (Å²) in [6.45, 7) is 0.614. The van der Waals surface area contributed by atoms with Gasteiger partial charge in [0.15, 0.2) is 11.5 Å². The molecule has 1 aliphatic heterocycles. The van der Waals surface area contributed by atoms with E-state index >= 15 is 0 Å². The van der Waals surface area contributed by atoms with E-state index in [-0.39, 0.29) is 17.9 Å². The molecule has 0 bridgehead atoms. The first-order valence-corrected chi connectivity index (χ1v) is 15.1. The minimum atomic E-state index is -0.840. The lowest BCUT2D eigenvalue weighted by atomic mass is 10.1. The number of ether oxygens (including phenoxy) is 3. The molecule has 0 unspecified atom stereocenters. The number of amides is 4. The maximum atomic E-state index is 13.4. The van der Waals surface area contributed by atoms with Crippen LogP contribution in [0.15, 0.2) is 95.0 Å². The van der Waals surface area contributed by atoms with Crippen LogP contribution in [0, 0.1) is 3.57 Å². The highest BCUT2D eigenvalue weighted by atomic mass is 127. The van der Waals surface area contributed by atoms with Crippen molar-refractivity contribution in [3.8, 4) is 17.2 Å². The average Bonchev–Trinajstić information content (AvgIpc) is 2.99. The van der Waals surface area contributed by atoms with Crippen molar-refractivity contribution in [1.82, 2.24) is 5.32 Å². The highest BCUT2D eigenvalue weighted by Gasteiger charge is 2.37. The van der Waals surface area contributed by atoms with Crippen LogP contribution in [0.4, 0.5) is 10.5 Å². The third-order valence-electron chi connectivity index (χ3n) is 6.35. The van der Waals surface area contributed by atoms with E-state index in [9.17, 15) is 14.4 Å². The molecule has 4 amide bonds. The predicted molar refractivity (Wildman–Crippen MR) is 175 cm³/mol. The zero-order valence-electron chi connectivity index (χ0n) is 22.6. The van der Waals surface area contributed by atoms with Crippen LogP contribution in [0.25, 0.3) is 6.08 Å². The van der Waals surface area contributed by atoms with Crippen molar-refractivity contribution in [2.75, 3.05) is 12.0 Å². The molecule has 1 saturated heterocycles. The monoisotopic (exact) mass is 772 g/mol. The van der Waals surface area contributed by atoms with Gasteiger partial charge >= 0.3 is 6.03 Å². The zero-order valence-corrected chi connectivity index (χ0v) is 27.1. The largest absolute Gasteiger partial charge is 0.493 e. The van der Waals surface area contributed by atoms with Crippen molar-refractivity contribution in [2.24, 2.45) is 0 Å². The van der Waals surface area contributed by atoms with Gasteiger partial charge in [-0.1, -0.05) is 51.8 Å². The molecule has 1 fully saturated rings. The van der Waals surface area contributed by atoms with Gasteiger partial charge < -0.3 is 14.2 Å². The Labute approximate surface area is 274 Å². The first kappa shape index (κ1) is 30.6. The Balaban J connectivity index is 1.34. The van der Waals surface area contributed by atoms with Gasteiger partial charge in [0, 0.05) is 9.50 Å². The van der Waals surface area contributed by atoms with Gasteiger partial charge in [-0.25, -0.2) is 9.69 Å². The number of imide groups is 2. The van der Waals surface area contributed by atoms with Crippen molar-refractivity contribution in [3.63, 3.8) is 0 Å². The number of barbiturate groups is 1. The second-order valence-electron chi connectivity index (χ2n) is 9.32. The number of halogens is 3. The summed E-state index contributed by atoms with van der Waals surface area (Å²) in [5, 5.41) is 2.85. The molecule has 0 radical (unpaired) electrons. The normalized spacial score (nSPS) is 14.1. The van der Waals surface area contributed by atoms with Crippen LogP contribution in [0.1, 0.15) is 16.7 Å². The van der Waals surface area contributed by atoms with Gasteiger partial charge in [-0.05, 0) is 106 Å². The Morgan fingerprint density at radius 2 is 1.63 bits per heavy atom. The Hall–Kier alpha value is -3.87. The quantitative estimate of drug-likeness (QED) is 0.107. The molecule has 0 atom stereocenters. The summed E-state index contributed by atoms with van der Waals surface area (Å²) in [5.41, 5.74) is 2.46. The third-order valence-corrected chi connectivity index (χ3v) is 7.92. The van der Waals surface area contributed by atoms with Gasteiger partial charge in [0.05, 0.1) is 16.4 Å². The maximum Gasteiger partial charge on any atom is 0.335 e. The number of hydrogen-bond donors (Lipinski definition) is 1. The lowest BCUT2D eigenvalue weighted by molar-refractivity contribution is -0.122. The van der Waals surface area contributed by atoms with E-state index in [4.69, 9.17) is 25.8 Å². The first-order chi connectivity index (χ1) is 20.7. The van der Waals surface area contributed by atoms with Gasteiger partial charge in [0.25, 0.3) is 11.8 Å². The average molecular weight is 774 g/mol. The first-order valence-electron chi connectivity index (χ1n) is 12.9. The van der Waals surface area contributed by atoms with Crippen molar-refractivity contribution >= 4 is 79.7 Å². The summed E-state index contributed by atoms with van der Waals surface area (Å²) < 4.78 is 19.0. The highest BCUT2D eigenvalue weighted by molar-refractivity contribution is 14.1. The van der Waals surface area contributed by atoms with Crippen LogP contribution in [-0.2, 0) is 22.8 Å². The number of nitrogens with one attached hydrogen (secondary N) is 1. The number of methoxy groups -OCH3 is 1. The molecule has 5 rings (SSSR count). The third kappa shape index (κ3) is 7.38. The van der Waals surface area contributed by atoms with Gasteiger partial charge in [0.2, 0.25) is 0 Å². The Morgan fingerprint density at radius 3 is 2.33 bits per heavy atom. The van der Waals surface area contributed by atoms with E-state index in [1.54, 1.807) is 42.5 Å². The lowest BCUT2D eigenvalue weighted by Gasteiger charge is -2.26. The molecule has 1 aliphatic rings. The van der Waals surface area contributed by atoms with E-state index in [1.807, 2.05) is 42.5 Å². The number of hydrogen-bond acceptors (Lipinski definition) is 6. The van der Waals surface area contributed by atoms with E-state index < -0.39 is 17.8 Å². The van der Waals surface area contributed by atoms with Crippen molar-refractivity contribution in [1.29, 1.82) is 0 Å². The van der Waals surface area contributed by atoms with E-state index in [0.29, 0.717) is 38.0 Å². The molecule has 0 aromatic heterocycles. The minimum absolute atomic E-state index is 0.208. The molecule has 43 heavy (non-hydrogen) atoms. The number of carbonyl (C=O) groups excluding carboxylic acids is 3. The van der Waals surface area contributed by atoms with Crippen molar-refractivity contribution in [2.45, 2.75) is 13.2 Å². The van der Waals surface area contributed by atoms with Crippen LogP contribution >= 0.6 is 50.1 Å². The molecule has 8 nitrogen and oxygen atoms in total. The fourth-order valence-corrected chi connectivity index (χ4v) is 5.50. The second kappa shape index (κ2) is 13.6. The number of anilines is 1. The number of benzene rings is 4. The number of urea groups is 1. The topological polar surface area (TPSA) is 94.2 Å². The number of nitrogens with zero attached hydrogens (tertiary/aromatic N) is 1. The number of carbonyl (C=O) groups is 3. The molecule has 11 heteroatoms. The summed E-state index contributed by atoms with van der Waals surface area (Å²) in [7, 11) is 1.50. The van der Waals surface area contributed by atoms with Crippen LogP contribution < -0.4 is 24.4 Å². The lowest BCUT2D eigenvalue weighted by Crippen LogP contribution is -2.54. The van der Waals surface area contributed by atoms with E-state index in [2.05, 4.69) is 43.8 Å². The van der Waals surface area contributed by atoms with Crippen molar-refractivity contribution < 1.29 is 28.6 Å².